The molecular weight excluding hydrogens is 326 g/mol. The first-order chi connectivity index (χ1) is 12.2. The van der Waals surface area contributed by atoms with Gasteiger partial charge in [-0.15, -0.1) is 11.8 Å². The molecule has 0 bridgehead atoms. The Labute approximate surface area is 153 Å². The van der Waals surface area contributed by atoms with Crippen molar-refractivity contribution in [3.05, 3.63) is 65.2 Å². The first-order valence-electron chi connectivity index (χ1n) is 8.93. The first kappa shape index (κ1) is 16.5. The largest absolute Gasteiger partial charge is 0.335 e. The van der Waals surface area contributed by atoms with Crippen molar-refractivity contribution in [1.29, 1.82) is 0 Å². The monoisotopic (exact) mass is 349 g/mol. The van der Waals surface area contributed by atoms with E-state index in [0.29, 0.717) is 6.04 Å². The van der Waals surface area contributed by atoms with Crippen LogP contribution >= 0.6 is 11.8 Å². The number of nitrogens with zero attached hydrogens (tertiary/aromatic N) is 1. The van der Waals surface area contributed by atoms with Crippen LogP contribution in [0.15, 0.2) is 53.4 Å². The van der Waals surface area contributed by atoms with Gasteiger partial charge in [-0.25, -0.2) is 0 Å². The Hall–Kier alpha value is -2.00. The molecule has 0 aromatic heterocycles. The van der Waals surface area contributed by atoms with E-state index in [1.807, 2.05) is 0 Å². The Bertz CT molecular complexity index is 820. The number of benzene rings is 2. The highest BCUT2D eigenvalue weighted by molar-refractivity contribution is 7.98. The minimum atomic E-state index is 0.210. The predicted molar refractivity (Wildman–Crippen MR) is 106 cm³/mol. The van der Waals surface area contributed by atoms with Gasteiger partial charge in [-0.1, -0.05) is 42.0 Å². The lowest BCUT2D eigenvalue weighted by molar-refractivity contribution is -0.126. The molecule has 1 atom stereocenters. The van der Waals surface area contributed by atoms with Crippen LogP contribution in [0, 0.1) is 6.92 Å². The Balaban J connectivity index is 1.85. The highest BCUT2D eigenvalue weighted by Gasteiger charge is 2.37. The van der Waals surface area contributed by atoms with E-state index < -0.39 is 0 Å². The Morgan fingerprint density at radius 3 is 2.36 bits per heavy atom. The summed E-state index contributed by atoms with van der Waals surface area (Å²) in [5.41, 5.74) is 5.57. The molecule has 2 aliphatic heterocycles. The van der Waals surface area contributed by atoms with Crippen molar-refractivity contribution < 1.29 is 4.79 Å². The van der Waals surface area contributed by atoms with E-state index >= 15 is 0 Å². The number of rotatable bonds is 3. The second-order valence-electron chi connectivity index (χ2n) is 6.95. The molecule has 3 heteroatoms. The van der Waals surface area contributed by atoms with Crippen LogP contribution in [-0.2, 0) is 4.79 Å². The number of amides is 1. The minimum absolute atomic E-state index is 0.210. The van der Waals surface area contributed by atoms with Gasteiger partial charge < -0.3 is 4.90 Å². The fraction of sp³-hybridized carbons (Fsp3) is 0.318. The molecule has 0 radical (unpaired) electrons. The zero-order valence-corrected chi connectivity index (χ0v) is 15.6. The summed E-state index contributed by atoms with van der Waals surface area (Å²) in [5, 5.41) is 0. The molecule has 2 aliphatic rings. The van der Waals surface area contributed by atoms with Gasteiger partial charge in [-0.3, -0.25) is 4.79 Å². The standard InChI is InChI=1S/C22H23NOS/c1-15-5-7-17(8-6-15)21-20(16-9-11-19(25-2)12-10-16)14-18-4-3-13-23(18)22(21)24/h5-12,18H,3-4,13-14H2,1-2H3. The summed E-state index contributed by atoms with van der Waals surface area (Å²) in [5.74, 6) is 0.210. The molecule has 1 saturated heterocycles. The SMILES string of the molecule is CSc1ccc(C2=C(c3ccc(C)cc3)C(=O)N3CCCC3C2)cc1. The molecule has 2 aromatic rings. The van der Waals surface area contributed by atoms with Gasteiger partial charge in [-0.05, 0) is 61.3 Å². The number of fused-ring (bicyclic) bond motifs is 1. The lowest BCUT2D eigenvalue weighted by Crippen LogP contribution is -2.39. The van der Waals surface area contributed by atoms with E-state index in [2.05, 4.69) is 66.6 Å². The van der Waals surface area contributed by atoms with E-state index in [4.69, 9.17) is 0 Å². The lowest BCUT2D eigenvalue weighted by Gasteiger charge is -2.33. The van der Waals surface area contributed by atoms with Crippen molar-refractivity contribution >= 4 is 28.8 Å². The quantitative estimate of drug-likeness (QED) is 0.725. The van der Waals surface area contributed by atoms with Crippen molar-refractivity contribution in [3.63, 3.8) is 0 Å². The van der Waals surface area contributed by atoms with Gasteiger partial charge in [0.05, 0.1) is 5.57 Å². The number of hydrogen-bond acceptors (Lipinski definition) is 2. The Morgan fingerprint density at radius 2 is 1.68 bits per heavy atom. The third-order valence-corrected chi connectivity index (χ3v) is 6.12. The first-order valence-corrected chi connectivity index (χ1v) is 10.2. The van der Waals surface area contributed by atoms with Gasteiger partial charge in [0.1, 0.15) is 0 Å². The average molecular weight is 349 g/mol. The van der Waals surface area contributed by atoms with E-state index in [1.165, 1.54) is 21.6 Å². The molecule has 0 aliphatic carbocycles. The molecule has 1 amide bonds. The summed E-state index contributed by atoms with van der Waals surface area (Å²) in [6.45, 7) is 2.98. The number of carbonyl (C=O) groups excluding carboxylic acids is 1. The van der Waals surface area contributed by atoms with Crippen molar-refractivity contribution in [1.82, 2.24) is 4.90 Å². The van der Waals surface area contributed by atoms with Gasteiger partial charge in [0, 0.05) is 17.5 Å². The third-order valence-electron chi connectivity index (χ3n) is 5.37. The molecule has 0 saturated carbocycles. The van der Waals surface area contributed by atoms with Crippen LogP contribution in [0.3, 0.4) is 0 Å². The Morgan fingerprint density at radius 1 is 1.00 bits per heavy atom. The number of aryl methyl sites for hydroxylation is 1. The van der Waals surface area contributed by atoms with Crippen LogP contribution in [0.4, 0.5) is 0 Å². The second kappa shape index (κ2) is 6.72. The van der Waals surface area contributed by atoms with Crippen LogP contribution in [-0.4, -0.2) is 29.6 Å². The summed E-state index contributed by atoms with van der Waals surface area (Å²) in [6, 6.07) is 17.4. The van der Waals surface area contributed by atoms with Gasteiger partial charge in [0.25, 0.3) is 5.91 Å². The molecule has 2 aromatic carbocycles. The van der Waals surface area contributed by atoms with Gasteiger partial charge >= 0.3 is 0 Å². The number of hydrogen-bond donors (Lipinski definition) is 0. The van der Waals surface area contributed by atoms with Crippen LogP contribution in [0.25, 0.3) is 11.1 Å². The van der Waals surface area contributed by atoms with Crippen LogP contribution in [0.5, 0.6) is 0 Å². The highest BCUT2D eigenvalue weighted by Crippen LogP contribution is 2.40. The molecule has 1 fully saturated rings. The summed E-state index contributed by atoms with van der Waals surface area (Å²) >= 11 is 1.75. The summed E-state index contributed by atoms with van der Waals surface area (Å²) in [7, 11) is 0. The molecule has 1 unspecified atom stereocenters. The Kier molecular flexibility index (Phi) is 4.43. The lowest BCUT2D eigenvalue weighted by atomic mass is 9.85. The fourth-order valence-electron chi connectivity index (χ4n) is 4.00. The average Bonchev–Trinajstić information content (AvgIpc) is 3.12. The predicted octanol–water partition coefficient (Wildman–Crippen LogP) is 5.02. The third kappa shape index (κ3) is 3.02. The minimum Gasteiger partial charge on any atom is -0.335 e. The van der Waals surface area contributed by atoms with E-state index in [-0.39, 0.29) is 5.91 Å². The molecule has 25 heavy (non-hydrogen) atoms. The maximum Gasteiger partial charge on any atom is 0.255 e. The van der Waals surface area contributed by atoms with E-state index in [0.717, 1.165) is 36.9 Å². The zero-order valence-electron chi connectivity index (χ0n) is 14.8. The maximum atomic E-state index is 13.3. The summed E-state index contributed by atoms with van der Waals surface area (Å²) in [4.78, 5) is 16.6. The van der Waals surface area contributed by atoms with Crippen molar-refractivity contribution in [2.75, 3.05) is 12.8 Å². The van der Waals surface area contributed by atoms with Crippen molar-refractivity contribution in [3.8, 4) is 0 Å². The molecule has 2 nitrogen and oxygen atoms in total. The number of carbonyl (C=O) groups is 1. The van der Waals surface area contributed by atoms with Gasteiger partial charge in [-0.2, -0.15) is 0 Å². The van der Waals surface area contributed by atoms with E-state index in [1.54, 1.807) is 11.8 Å². The molecular formula is C22H23NOS. The van der Waals surface area contributed by atoms with Crippen LogP contribution in [0.1, 0.15) is 36.0 Å². The van der Waals surface area contributed by atoms with Crippen LogP contribution < -0.4 is 0 Å². The zero-order chi connectivity index (χ0) is 17.4. The van der Waals surface area contributed by atoms with Gasteiger partial charge in [0.2, 0.25) is 0 Å². The molecule has 4 rings (SSSR count). The fourth-order valence-corrected chi connectivity index (χ4v) is 4.41. The van der Waals surface area contributed by atoms with E-state index in [9.17, 15) is 4.79 Å². The van der Waals surface area contributed by atoms with Crippen molar-refractivity contribution in [2.24, 2.45) is 0 Å². The molecule has 0 spiro atoms. The smallest absolute Gasteiger partial charge is 0.255 e. The normalized spacial score (nSPS) is 20.2. The summed E-state index contributed by atoms with van der Waals surface area (Å²) < 4.78 is 0. The number of thioether (sulfide) groups is 1. The second-order valence-corrected chi connectivity index (χ2v) is 7.83. The van der Waals surface area contributed by atoms with Gasteiger partial charge in [0.15, 0.2) is 0 Å². The molecule has 128 valence electrons. The topological polar surface area (TPSA) is 20.3 Å². The highest BCUT2D eigenvalue weighted by atomic mass is 32.2. The summed E-state index contributed by atoms with van der Waals surface area (Å²) in [6.07, 6.45) is 5.30. The molecule has 2 heterocycles. The van der Waals surface area contributed by atoms with Crippen molar-refractivity contribution in [2.45, 2.75) is 37.1 Å². The maximum absolute atomic E-state index is 13.3. The molecule has 0 N–H and O–H groups in total. The van der Waals surface area contributed by atoms with Crippen LogP contribution in [0.2, 0.25) is 0 Å².